The van der Waals surface area contributed by atoms with Crippen LogP contribution in [0.25, 0.3) is 0 Å². The van der Waals surface area contributed by atoms with E-state index in [4.69, 9.17) is 0 Å². The van der Waals surface area contributed by atoms with E-state index in [1.165, 1.54) is 5.56 Å². The molecule has 0 spiro atoms. The molecule has 1 unspecified atom stereocenters. The standard InChI is InChI=1S/C23H28N4O2/c28-22-15-21(18-27(22)17-20-9-5-2-6-10-20)24-23(29)26-13-11-25(12-14-26)16-19-7-3-1-4-8-19/h1-10,21H,11-18H2,(H,24,29). The highest BCUT2D eigenvalue weighted by Gasteiger charge is 2.32. The van der Waals surface area contributed by atoms with Gasteiger partial charge in [-0.2, -0.15) is 0 Å². The Morgan fingerprint density at radius 2 is 1.45 bits per heavy atom. The second-order valence-electron chi connectivity index (χ2n) is 7.86. The van der Waals surface area contributed by atoms with Gasteiger partial charge in [-0.3, -0.25) is 9.69 Å². The van der Waals surface area contributed by atoms with Crippen LogP contribution >= 0.6 is 0 Å². The number of amides is 3. The van der Waals surface area contributed by atoms with Crippen LogP contribution in [0.3, 0.4) is 0 Å². The lowest BCUT2D eigenvalue weighted by Crippen LogP contribution is -2.53. The van der Waals surface area contributed by atoms with Gasteiger partial charge in [0.25, 0.3) is 0 Å². The minimum absolute atomic E-state index is 0.0521. The maximum absolute atomic E-state index is 12.7. The molecule has 4 rings (SSSR count). The molecule has 2 heterocycles. The summed E-state index contributed by atoms with van der Waals surface area (Å²) in [6, 6.07) is 20.2. The van der Waals surface area contributed by atoms with Crippen LogP contribution in [0.15, 0.2) is 60.7 Å². The Hall–Kier alpha value is -2.86. The number of rotatable bonds is 5. The van der Waals surface area contributed by atoms with Crippen molar-refractivity contribution in [1.29, 1.82) is 0 Å². The molecule has 2 aromatic rings. The van der Waals surface area contributed by atoms with E-state index in [0.29, 0.717) is 32.6 Å². The number of hydrogen-bond acceptors (Lipinski definition) is 3. The molecule has 2 aromatic carbocycles. The van der Waals surface area contributed by atoms with Gasteiger partial charge in [-0.1, -0.05) is 60.7 Å². The molecular formula is C23H28N4O2. The molecule has 0 aliphatic carbocycles. The van der Waals surface area contributed by atoms with Gasteiger partial charge in [0.1, 0.15) is 0 Å². The number of carbonyl (C=O) groups excluding carboxylic acids is 2. The van der Waals surface area contributed by atoms with Crippen molar-refractivity contribution in [2.45, 2.75) is 25.6 Å². The summed E-state index contributed by atoms with van der Waals surface area (Å²) in [7, 11) is 0. The van der Waals surface area contributed by atoms with Crippen molar-refractivity contribution in [2.24, 2.45) is 0 Å². The summed E-state index contributed by atoms with van der Waals surface area (Å²) in [4.78, 5) is 31.0. The first-order valence-electron chi connectivity index (χ1n) is 10.3. The van der Waals surface area contributed by atoms with E-state index < -0.39 is 0 Å². The van der Waals surface area contributed by atoms with Crippen molar-refractivity contribution in [3.63, 3.8) is 0 Å². The summed E-state index contributed by atoms with van der Waals surface area (Å²) in [6.07, 6.45) is 0.381. The second kappa shape index (κ2) is 9.09. The molecule has 1 atom stereocenters. The number of nitrogens with zero attached hydrogens (tertiary/aromatic N) is 3. The first-order valence-corrected chi connectivity index (χ1v) is 10.3. The van der Waals surface area contributed by atoms with Crippen LogP contribution in [0.4, 0.5) is 4.79 Å². The van der Waals surface area contributed by atoms with Crippen molar-refractivity contribution in [3.8, 4) is 0 Å². The van der Waals surface area contributed by atoms with Crippen molar-refractivity contribution in [1.82, 2.24) is 20.0 Å². The van der Waals surface area contributed by atoms with Gasteiger partial charge in [0, 0.05) is 52.2 Å². The summed E-state index contributed by atoms with van der Waals surface area (Å²) >= 11 is 0. The number of piperazine rings is 1. The maximum atomic E-state index is 12.7. The highest BCUT2D eigenvalue weighted by molar-refractivity contribution is 5.81. The third-order valence-electron chi connectivity index (χ3n) is 5.67. The average molecular weight is 393 g/mol. The lowest BCUT2D eigenvalue weighted by Gasteiger charge is -2.35. The Balaban J connectivity index is 1.22. The van der Waals surface area contributed by atoms with E-state index in [9.17, 15) is 9.59 Å². The van der Waals surface area contributed by atoms with E-state index >= 15 is 0 Å². The topological polar surface area (TPSA) is 55.9 Å². The zero-order valence-electron chi connectivity index (χ0n) is 16.7. The minimum Gasteiger partial charge on any atom is -0.336 e. The van der Waals surface area contributed by atoms with Gasteiger partial charge in [-0.05, 0) is 11.1 Å². The zero-order chi connectivity index (χ0) is 20.1. The van der Waals surface area contributed by atoms with Crippen LogP contribution in [0, 0.1) is 0 Å². The third-order valence-corrected chi connectivity index (χ3v) is 5.67. The molecular weight excluding hydrogens is 364 g/mol. The van der Waals surface area contributed by atoms with Gasteiger partial charge in [-0.15, -0.1) is 0 Å². The Bertz CT molecular complexity index is 819. The van der Waals surface area contributed by atoms with Crippen LogP contribution < -0.4 is 5.32 Å². The van der Waals surface area contributed by atoms with Gasteiger partial charge in [0.15, 0.2) is 0 Å². The largest absolute Gasteiger partial charge is 0.336 e. The Kier molecular flexibility index (Phi) is 6.10. The van der Waals surface area contributed by atoms with Crippen LogP contribution in [0.5, 0.6) is 0 Å². The van der Waals surface area contributed by atoms with E-state index in [2.05, 4.69) is 34.5 Å². The quantitative estimate of drug-likeness (QED) is 0.850. The Morgan fingerprint density at radius 3 is 2.07 bits per heavy atom. The van der Waals surface area contributed by atoms with Crippen molar-refractivity contribution in [2.75, 3.05) is 32.7 Å². The first kappa shape index (κ1) is 19.5. The van der Waals surface area contributed by atoms with Crippen LogP contribution in [-0.2, 0) is 17.9 Å². The summed E-state index contributed by atoms with van der Waals surface area (Å²) in [5.41, 5.74) is 2.41. The molecule has 1 N–H and O–H groups in total. The Morgan fingerprint density at radius 1 is 0.862 bits per heavy atom. The average Bonchev–Trinajstić information content (AvgIpc) is 3.08. The number of urea groups is 1. The van der Waals surface area contributed by atoms with Gasteiger partial charge in [0.2, 0.25) is 5.91 Å². The smallest absolute Gasteiger partial charge is 0.317 e. The Labute approximate surface area is 172 Å². The van der Waals surface area contributed by atoms with Crippen LogP contribution in [0.1, 0.15) is 17.5 Å². The SMILES string of the molecule is O=C1CC(NC(=O)N2CCN(Cc3ccccc3)CC2)CN1Cc1ccccc1. The van der Waals surface area contributed by atoms with Crippen LogP contribution in [-0.4, -0.2) is 65.4 Å². The highest BCUT2D eigenvalue weighted by atomic mass is 16.2. The predicted octanol–water partition coefficient (Wildman–Crippen LogP) is 2.31. The number of hydrogen-bond donors (Lipinski definition) is 1. The highest BCUT2D eigenvalue weighted by Crippen LogP contribution is 2.16. The van der Waals surface area contributed by atoms with Crippen molar-refractivity contribution < 1.29 is 9.59 Å². The predicted molar refractivity (Wildman–Crippen MR) is 112 cm³/mol. The zero-order valence-corrected chi connectivity index (χ0v) is 16.7. The fourth-order valence-electron chi connectivity index (χ4n) is 4.04. The van der Waals surface area contributed by atoms with Gasteiger partial charge in [-0.25, -0.2) is 4.79 Å². The minimum atomic E-state index is -0.110. The molecule has 6 nitrogen and oxygen atoms in total. The monoisotopic (exact) mass is 392 g/mol. The fraction of sp³-hybridized carbons (Fsp3) is 0.391. The van der Waals surface area contributed by atoms with Crippen molar-refractivity contribution in [3.05, 3.63) is 71.8 Å². The number of carbonyl (C=O) groups is 2. The van der Waals surface area contributed by atoms with E-state index in [-0.39, 0.29) is 18.0 Å². The molecule has 152 valence electrons. The molecule has 2 aliphatic rings. The number of nitrogens with one attached hydrogen (secondary N) is 1. The molecule has 2 aliphatic heterocycles. The summed E-state index contributed by atoms with van der Waals surface area (Å²) < 4.78 is 0. The number of likely N-dealkylation sites (tertiary alicyclic amines) is 1. The van der Waals surface area contributed by atoms with E-state index in [1.54, 1.807) is 0 Å². The molecule has 0 saturated carbocycles. The van der Waals surface area contributed by atoms with Gasteiger partial charge in [0.05, 0.1) is 6.04 Å². The lowest BCUT2D eigenvalue weighted by molar-refractivity contribution is -0.128. The molecule has 0 bridgehead atoms. The molecule has 0 aromatic heterocycles. The normalized spacial score (nSPS) is 20.1. The molecule has 2 saturated heterocycles. The van der Waals surface area contributed by atoms with E-state index in [1.807, 2.05) is 46.2 Å². The second-order valence-corrected chi connectivity index (χ2v) is 7.86. The fourth-order valence-corrected chi connectivity index (χ4v) is 4.04. The first-order chi connectivity index (χ1) is 14.2. The molecule has 2 fully saturated rings. The third kappa shape index (κ3) is 5.15. The van der Waals surface area contributed by atoms with Crippen molar-refractivity contribution >= 4 is 11.9 Å². The van der Waals surface area contributed by atoms with Crippen LogP contribution in [0.2, 0.25) is 0 Å². The van der Waals surface area contributed by atoms with Gasteiger partial charge < -0.3 is 15.1 Å². The summed E-state index contributed by atoms with van der Waals surface area (Å²) in [5.74, 6) is 0.104. The lowest BCUT2D eigenvalue weighted by atomic mass is 10.2. The van der Waals surface area contributed by atoms with Gasteiger partial charge >= 0.3 is 6.03 Å². The molecule has 0 radical (unpaired) electrons. The molecule has 6 heteroatoms. The number of benzene rings is 2. The molecule has 29 heavy (non-hydrogen) atoms. The maximum Gasteiger partial charge on any atom is 0.317 e. The van der Waals surface area contributed by atoms with E-state index in [0.717, 1.165) is 25.2 Å². The molecule has 3 amide bonds. The summed E-state index contributed by atoms with van der Waals surface area (Å²) in [6.45, 7) is 5.26. The summed E-state index contributed by atoms with van der Waals surface area (Å²) in [5, 5.41) is 3.07.